The van der Waals surface area contributed by atoms with E-state index < -0.39 is 0 Å². The summed E-state index contributed by atoms with van der Waals surface area (Å²) in [6, 6.07) is 5.27. The Bertz CT molecular complexity index is 409. The van der Waals surface area contributed by atoms with Gasteiger partial charge in [-0.05, 0) is 44.9 Å². The van der Waals surface area contributed by atoms with Crippen LogP contribution in [-0.2, 0) is 11.2 Å². The molecule has 106 valence electrons. The van der Waals surface area contributed by atoms with Gasteiger partial charge in [0.25, 0.3) is 0 Å². The minimum atomic E-state index is -0.151. The molecule has 0 saturated carbocycles. The molecule has 2 rings (SSSR count). The Kier molecular flexibility index (Phi) is 5.16. The molecular formula is C15H23FN2O. The summed E-state index contributed by atoms with van der Waals surface area (Å²) in [6.07, 6.45) is 3.01. The Morgan fingerprint density at radius 2 is 2.32 bits per heavy atom. The lowest BCUT2D eigenvalue weighted by molar-refractivity contribution is 0.0526. The first kappa shape index (κ1) is 14.3. The van der Waals surface area contributed by atoms with Crippen LogP contribution in [0, 0.1) is 5.82 Å². The predicted molar refractivity (Wildman–Crippen MR) is 76.0 cm³/mol. The third-order valence-electron chi connectivity index (χ3n) is 3.61. The van der Waals surface area contributed by atoms with E-state index in [-0.39, 0.29) is 11.9 Å². The zero-order valence-corrected chi connectivity index (χ0v) is 11.6. The maximum atomic E-state index is 13.9. The van der Waals surface area contributed by atoms with Crippen LogP contribution in [0.4, 0.5) is 10.1 Å². The van der Waals surface area contributed by atoms with Gasteiger partial charge in [0.1, 0.15) is 5.82 Å². The van der Waals surface area contributed by atoms with Crippen LogP contribution < -0.4 is 10.6 Å². The summed E-state index contributed by atoms with van der Waals surface area (Å²) in [5.74, 6) is -0.151. The van der Waals surface area contributed by atoms with Crippen LogP contribution in [0.2, 0.25) is 0 Å². The van der Waals surface area contributed by atoms with Crippen LogP contribution in [0.25, 0.3) is 0 Å². The number of anilines is 1. The van der Waals surface area contributed by atoms with Gasteiger partial charge in [-0.3, -0.25) is 0 Å². The Balaban J connectivity index is 2.18. The van der Waals surface area contributed by atoms with Crippen molar-refractivity contribution in [3.05, 3.63) is 29.6 Å². The quantitative estimate of drug-likeness (QED) is 0.889. The van der Waals surface area contributed by atoms with Crippen molar-refractivity contribution in [3.8, 4) is 0 Å². The molecule has 0 aromatic heterocycles. The molecule has 4 heteroatoms. The average Bonchev–Trinajstić information content (AvgIpc) is 2.42. The molecule has 3 nitrogen and oxygen atoms in total. The highest BCUT2D eigenvalue weighted by Gasteiger charge is 2.22. The Labute approximate surface area is 114 Å². The highest BCUT2D eigenvalue weighted by Crippen LogP contribution is 2.27. The van der Waals surface area contributed by atoms with Crippen molar-refractivity contribution >= 4 is 5.69 Å². The fourth-order valence-electron chi connectivity index (χ4n) is 2.76. The maximum Gasteiger partial charge on any atom is 0.128 e. The van der Waals surface area contributed by atoms with Crippen molar-refractivity contribution in [1.82, 2.24) is 0 Å². The van der Waals surface area contributed by atoms with Gasteiger partial charge >= 0.3 is 0 Å². The predicted octanol–water partition coefficient (Wildman–Crippen LogP) is 2.33. The van der Waals surface area contributed by atoms with Gasteiger partial charge in [-0.2, -0.15) is 0 Å². The molecule has 1 fully saturated rings. The molecule has 1 saturated heterocycles. The van der Waals surface area contributed by atoms with Gasteiger partial charge in [0.2, 0.25) is 0 Å². The number of rotatable bonds is 5. The van der Waals surface area contributed by atoms with Gasteiger partial charge in [-0.15, -0.1) is 0 Å². The summed E-state index contributed by atoms with van der Waals surface area (Å²) < 4.78 is 19.6. The number of halogens is 1. The normalized spacial score (nSPS) is 19.7. The van der Waals surface area contributed by atoms with E-state index >= 15 is 0 Å². The zero-order chi connectivity index (χ0) is 13.7. The van der Waals surface area contributed by atoms with Crippen molar-refractivity contribution in [2.75, 3.05) is 31.1 Å². The summed E-state index contributed by atoms with van der Waals surface area (Å²) in [5.41, 5.74) is 7.31. The summed E-state index contributed by atoms with van der Waals surface area (Å²) >= 11 is 0. The van der Waals surface area contributed by atoms with Crippen LogP contribution in [0.3, 0.4) is 0 Å². The molecule has 1 unspecified atom stereocenters. The van der Waals surface area contributed by atoms with E-state index in [0.29, 0.717) is 13.0 Å². The molecule has 19 heavy (non-hydrogen) atoms. The zero-order valence-electron chi connectivity index (χ0n) is 11.6. The van der Waals surface area contributed by atoms with Gasteiger partial charge in [-0.25, -0.2) is 4.39 Å². The van der Waals surface area contributed by atoms with Crippen LogP contribution >= 0.6 is 0 Å². The SMILES string of the molecule is CCOC1CCCN(c2cccc(F)c2CCN)C1. The average molecular weight is 266 g/mol. The van der Waals surface area contributed by atoms with Gasteiger partial charge in [0, 0.05) is 30.9 Å². The minimum Gasteiger partial charge on any atom is -0.377 e. The standard InChI is InChI=1S/C15H23FN2O/c1-2-19-12-5-4-10-18(11-12)15-7-3-6-14(16)13(15)8-9-17/h3,6-7,12H,2,4-5,8-11,17H2,1H3. The number of nitrogens with two attached hydrogens (primary N) is 1. The second-order valence-corrected chi connectivity index (χ2v) is 4.94. The number of benzene rings is 1. The van der Waals surface area contributed by atoms with Crippen LogP contribution in [-0.4, -0.2) is 32.3 Å². The Morgan fingerprint density at radius 3 is 3.05 bits per heavy atom. The fourth-order valence-corrected chi connectivity index (χ4v) is 2.76. The first-order chi connectivity index (χ1) is 9.26. The van der Waals surface area contributed by atoms with Crippen molar-refractivity contribution in [2.24, 2.45) is 5.73 Å². The van der Waals surface area contributed by atoms with Crippen LogP contribution in [0.5, 0.6) is 0 Å². The molecule has 1 aliphatic rings. The molecular weight excluding hydrogens is 243 g/mol. The molecule has 0 spiro atoms. The number of piperidine rings is 1. The number of hydrogen-bond acceptors (Lipinski definition) is 3. The second kappa shape index (κ2) is 6.87. The molecule has 1 atom stereocenters. The van der Waals surface area contributed by atoms with E-state index in [1.165, 1.54) is 6.07 Å². The second-order valence-electron chi connectivity index (χ2n) is 4.94. The monoisotopic (exact) mass is 266 g/mol. The molecule has 1 aromatic carbocycles. The van der Waals surface area contributed by atoms with Gasteiger partial charge in [0.15, 0.2) is 0 Å². The summed E-state index contributed by atoms with van der Waals surface area (Å²) in [5, 5.41) is 0. The summed E-state index contributed by atoms with van der Waals surface area (Å²) in [4.78, 5) is 2.23. The highest BCUT2D eigenvalue weighted by molar-refractivity contribution is 5.55. The molecule has 1 aromatic rings. The molecule has 0 radical (unpaired) electrons. The van der Waals surface area contributed by atoms with Crippen LogP contribution in [0.15, 0.2) is 18.2 Å². The number of ether oxygens (including phenoxy) is 1. The molecule has 0 aliphatic carbocycles. The minimum absolute atomic E-state index is 0.151. The first-order valence-electron chi connectivity index (χ1n) is 7.10. The van der Waals surface area contributed by atoms with Crippen molar-refractivity contribution < 1.29 is 9.13 Å². The molecule has 2 N–H and O–H groups in total. The highest BCUT2D eigenvalue weighted by atomic mass is 19.1. The Morgan fingerprint density at radius 1 is 1.47 bits per heavy atom. The largest absolute Gasteiger partial charge is 0.377 e. The lowest BCUT2D eigenvalue weighted by atomic mass is 10.0. The summed E-state index contributed by atoms with van der Waals surface area (Å²) in [7, 11) is 0. The van der Waals surface area contributed by atoms with Crippen molar-refractivity contribution in [2.45, 2.75) is 32.3 Å². The Hall–Kier alpha value is -1.13. The van der Waals surface area contributed by atoms with E-state index in [2.05, 4.69) is 4.90 Å². The van der Waals surface area contributed by atoms with E-state index in [4.69, 9.17) is 10.5 Å². The van der Waals surface area contributed by atoms with Gasteiger partial charge < -0.3 is 15.4 Å². The molecule has 0 amide bonds. The third-order valence-corrected chi connectivity index (χ3v) is 3.61. The maximum absolute atomic E-state index is 13.9. The fraction of sp³-hybridized carbons (Fsp3) is 0.600. The third kappa shape index (κ3) is 3.45. The molecule has 0 bridgehead atoms. The van der Waals surface area contributed by atoms with E-state index in [1.54, 1.807) is 6.07 Å². The molecule has 1 heterocycles. The van der Waals surface area contributed by atoms with E-state index in [9.17, 15) is 4.39 Å². The first-order valence-corrected chi connectivity index (χ1v) is 7.10. The number of hydrogen-bond donors (Lipinski definition) is 1. The van der Waals surface area contributed by atoms with E-state index in [0.717, 1.165) is 43.8 Å². The van der Waals surface area contributed by atoms with Crippen molar-refractivity contribution in [3.63, 3.8) is 0 Å². The summed E-state index contributed by atoms with van der Waals surface area (Å²) in [6.45, 7) is 5.02. The molecule has 1 aliphatic heterocycles. The number of nitrogens with zero attached hydrogens (tertiary/aromatic N) is 1. The smallest absolute Gasteiger partial charge is 0.128 e. The van der Waals surface area contributed by atoms with Gasteiger partial charge in [0.05, 0.1) is 6.10 Å². The topological polar surface area (TPSA) is 38.5 Å². The van der Waals surface area contributed by atoms with Gasteiger partial charge in [-0.1, -0.05) is 6.07 Å². The lowest BCUT2D eigenvalue weighted by Crippen LogP contribution is -2.40. The lowest BCUT2D eigenvalue weighted by Gasteiger charge is -2.35. The van der Waals surface area contributed by atoms with E-state index in [1.807, 2.05) is 13.0 Å². The van der Waals surface area contributed by atoms with Crippen molar-refractivity contribution in [1.29, 1.82) is 0 Å². The van der Waals surface area contributed by atoms with Crippen LogP contribution in [0.1, 0.15) is 25.3 Å².